The van der Waals surface area contributed by atoms with Crippen molar-refractivity contribution in [3.63, 3.8) is 0 Å². The molecule has 328 valence electrons. The second kappa shape index (κ2) is 25.1. The molecule has 5 aromatic heterocycles. The van der Waals surface area contributed by atoms with E-state index in [1.165, 1.54) is 21.3 Å². The number of nitrogens with zero attached hydrogens (tertiary/aromatic N) is 11. The Hall–Kier alpha value is -7.39. The number of imide groups is 1. The molecular weight excluding hydrogens is 830 g/mol. The van der Waals surface area contributed by atoms with Crippen LogP contribution in [-0.4, -0.2) is 125 Å². The fourth-order valence-electron chi connectivity index (χ4n) is 3.27. The number of Topliss-reactive ketones (excluding diaryl/α,β-unsaturated/α-hetero) is 3. The van der Waals surface area contributed by atoms with E-state index < -0.39 is 23.6 Å². The molecule has 5 heterocycles. The largest absolute Gasteiger partial charge is 0.477 e. The SMILES string of the molecule is CCC(=O)c1nonc1Cl.CCC(=O)c1nonc1N.CCC(=O)c1nonc1OC.CCOC(=O)c1nonc1N.COc1nonc1C(=O)N(C)C(=O)OC(C)(C)C. The fraction of sp³-hybridized carbons (Fsp3) is 0.484. The highest BCUT2D eigenvalue weighted by Crippen LogP contribution is 2.17. The Kier molecular flexibility index (Phi) is 21.2. The van der Waals surface area contributed by atoms with Crippen molar-refractivity contribution in [2.75, 3.05) is 39.3 Å². The number of rotatable bonds is 11. The zero-order valence-electron chi connectivity index (χ0n) is 33.9. The smallest absolute Gasteiger partial charge is 0.417 e. The van der Waals surface area contributed by atoms with Crippen LogP contribution in [0.3, 0.4) is 0 Å². The number of carbonyl (C=O) groups excluding carboxylic acids is 6. The molecule has 5 aromatic rings. The van der Waals surface area contributed by atoms with Crippen LogP contribution in [0.25, 0.3) is 0 Å². The standard InChI is InChI=1S/C10H15N3O5.C6H8N2O3.C5H5ClN2O2.C5H7N3O3.C5H7N3O2/c1-10(2,3)17-9(15)13(4)8(14)6-7(16-5)12-18-11-6;1-3-4(9)5-6(10-2)8-11-7-5;1-2-3(9)4-5(6)8-10-7-4;1-2-10-5(9)3-4(6)8-11-7-3;1-2-3(9)4-5(6)8-10-7-4/h1-5H3;3H2,1-2H3;2H2,1H3;2H2,1H3,(H2,6,8);2H2,1H3,(H2,6,8). The summed E-state index contributed by atoms with van der Waals surface area (Å²) in [6.45, 7) is 12.2. The minimum Gasteiger partial charge on any atom is -0.477 e. The van der Waals surface area contributed by atoms with Crippen molar-refractivity contribution in [3.8, 4) is 11.8 Å². The summed E-state index contributed by atoms with van der Waals surface area (Å²) < 4.78 is 40.4. The number of nitrogen functional groups attached to an aromatic ring is 2. The first-order valence-corrected chi connectivity index (χ1v) is 17.3. The van der Waals surface area contributed by atoms with Crippen LogP contribution in [0.1, 0.15) is 120 Å². The van der Waals surface area contributed by atoms with Crippen LogP contribution in [0.5, 0.6) is 11.8 Å². The van der Waals surface area contributed by atoms with E-state index in [4.69, 9.17) is 37.3 Å². The van der Waals surface area contributed by atoms with Crippen LogP contribution in [0.15, 0.2) is 23.1 Å². The third-order valence-electron chi connectivity index (χ3n) is 6.18. The topological polar surface area (TPSA) is 389 Å². The molecule has 0 unspecified atom stereocenters. The van der Waals surface area contributed by atoms with Crippen LogP contribution >= 0.6 is 11.6 Å². The number of nitrogens with two attached hydrogens (primary N) is 2. The maximum absolute atomic E-state index is 11.9. The number of methoxy groups -OCH3 is 2. The third-order valence-corrected chi connectivity index (χ3v) is 6.43. The number of anilines is 2. The number of ether oxygens (including phenoxy) is 4. The van der Waals surface area contributed by atoms with Gasteiger partial charge < -0.3 is 30.4 Å². The molecule has 4 N–H and O–H groups in total. The molecule has 29 heteroatoms. The van der Waals surface area contributed by atoms with Gasteiger partial charge in [0.2, 0.25) is 28.1 Å². The molecule has 28 nitrogen and oxygen atoms in total. The number of carbonyl (C=O) groups is 6. The Morgan fingerprint density at radius 3 is 1.42 bits per heavy atom. The second-order valence-corrected chi connectivity index (χ2v) is 11.9. The van der Waals surface area contributed by atoms with E-state index in [9.17, 15) is 28.8 Å². The maximum Gasteiger partial charge on any atom is 0.417 e. The predicted octanol–water partition coefficient (Wildman–Crippen LogP) is 3.14. The van der Waals surface area contributed by atoms with Gasteiger partial charge in [-0.15, -0.1) is 0 Å². The molecule has 60 heavy (non-hydrogen) atoms. The molecule has 0 aliphatic heterocycles. The van der Waals surface area contributed by atoms with Crippen LogP contribution in [0.4, 0.5) is 16.4 Å². The molecule has 0 atom stereocenters. The van der Waals surface area contributed by atoms with E-state index >= 15 is 0 Å². The van der Waals surface area contributed by atoms with Crippen molar-refractivity contribution in [2.24, 2.45) is 0 Å². The molecular formula is C31H42ClN13O15. The lowest BCUT2D eigenvalue weighted by Crippen LogP contribution is -2.38. The maximum atomic E-state index is 11.9. The third kappa shape index (κ3) is 15.9. The van der Waals surface area contributed by atoms with Crippen LogP contribution in [0.2, 0.25) is 5.15 Å². The highest BCUT2D eigenvalue weighted by atomic mass is 35.5. The van der Waals surface area contributed by atoms with Gasteiger partial charge in [0.05, 0.1) is 20.8 Å². The average Bonchev–Trinajstić information content (AvgIpc) is 4.08. The summed E-state index contributed by atoms with van der Waals surface area (Å²) in [7, 11) is 3.99. The lowest BCUT2D eigenvalue weighted by molar-refractivity contribution is 0.0280. The van der Waals surface area contributed by atoms with Gasteiger partial charge in [-0.25, -0.2) is 37.6 Å². The lowest BCUT2D eigenvalue weighted by atomic mass is 10.2. The average molecular weight is 872 g/mol. The summed E-state index contributed by atoms with van der Waals surface area (Å²) in [6.07, 6.45) is 0.286. The van der Waals surface area contributed by atoms with E-state index in [2.05, 4.69) is 79.4 Å². The van der Waals surface area contributed by atoms with E-state index in [0.717, 1.165) is 4.90 Å². The molecule has 0 saturated carbocycles. The Labute approximate surface area is 343 Å². The van der Waals surface area contributed by atoms with Crippen LogP contribution in [-0.2, 0) is 9.47 Å². The molecule has 0 saturated heterocycles. The first kappa shape index (κ1) is 50.6. The van der Waals surface area contributed by atoms with Crippen molar-refractivity contribution in [1.82, 2.24) is 56.5 Å². The van der Waals surface area contributed by atoms with Crippen LogP contribution in [0, 0.1) is 0 Å². The van der Waals surface area contributed by atoms with Gasteiger partial charge in [-0.1, -0.05) is 32.4 Å². The predicted molar refractivity (Wildman–Crippen MR) is 197 cm³/mol. The van der Waals surface area contributed by atoms with Gasteiger partial charge in [-0.2, -0.15) is 0 Å². The zero-order valence-corrected chi connectivity index (χ0v) is 34.7. The lowest BCUT2D eigenvalue weighted by Gasteiger charge is -2.23. The molecule has 0 aromatic carbocycles. The first-order chi connectivity index (χ1) is 28.3. The summed E-state index contributed by atoms with van der Waals surface area (Å²) in [6, 6.07) is 0. The zero-order chi connectivity index (χ0) is 45.6. The van der Waals surface area contributed by atoms with Gasteiger partial charge in [-0.05, 0) is 79.3 Å². The van der Waals surface area contributed by atoms with Crippen molar-refractivity contribution < 1.29 is 70.9 Å². The Morgan fingerprint density at radius 2 is 1.00 bits per heavy atom. The minimum absolute atomic E-state index is 0.0341. The summed E-state index contributed by atoms with van der Waals surface area (Å²) >= 11 is 5.43. The highest BCUT2D eigenvalue weighted by molar-refractivity contribution is 6.32. The van der Waals surface area contributed by atoms with Gasteiger partial charge in [0, 0.05) is 26.3 Å². The Balaban J connectivity index is 0.000000383. The summed E-state index contributed by atoms with van der Waals surface area (Å²) in [5.41, 5.74) is 9.87. The molecule has 0 spiro atoms. The van der Waals surface area contributed by atoms with Crippen molar-refractivity contribution in [2.45, 2.75) is 73.3 Å². The second-order valence-electron chi connectivity index (χ2n) is 11.5. The highest BCUT2D eigenvalue weighted by Gasteiger charge is 2.30. The Bertz CT molecular complexity index is 2080. The summed E-state index contributed by atoms with van der Waals surface area (Å²) in [5.74, 6) is -1.72. The molecule has 2 amide bonds. The minimum atomic E-state index is -0.794. The van der Waals surface area contributed by atoms with Gasteiger partial charge in [0.25, 0.3) is 17.7 Å². The number of hydrogen-bond donors (Lipinski definition) is 2. The molecule has 5 rings (SSSR count). The molecule has 0 radical (unpaired) electrons. The summed E-state index contributed by atoms with van der Waals surface area (Å²) in [4.78, 5) is 67.9. The van der Waals surface area contributed by atoms with Gasteiger partial charge >= 0.3 is 12.1 Å². The Morgan fingerprint density at radius 1 is 0.600 bits per heavy atom. The van der Waals surface area contributed by atoms with Crippen LogP contribution < -0.4 is 20.9 Å². The van der Waals surface area contributed by atoms with E-state index in [1.807, 2.05) is 0 Å². The molecule has 0 bridgehead atoms. The number of amides is 2. The quantitative estimate of drug-likeness (QED) is 0.142. The fourth-order valence-corrected chi connectivity index (χ4v) is 3.44. The van der Waals surface area contributed by atoms with E-state index in [0.29, 0.717) is 19.3 Å². The van der Waals surface area contributed by atoms with Gasteiger partial charge in [-0.3, -0.25) is 19.2 Å². The van der Waals surface area contributed by atoms with E-state index in [1.54, 1.807) is 48.5 Å². The van der Waals surface area contributed by atoms with E-state index in [-0.39, 0.29) is 81.0 Å². The number of esters is 1. The van der Waals surface area contributed by atoms with Crippen molar-refractivity contribution in [1.29, 1.82) is 0 Å². The summed E-state index contributed by atoms with van der Waals surface area (Å²) in [5, 5.41) is 33.2. The number of ketones is 3. The monoisotopic (exact) mass is 871 g/mol. The number of aromatic nitrogens is 10. The first-order valence-electron chi connectivity index (χ1n) is 17.0. The molecule has 0 aliphatic carbocycles. The van der Waals surface area contributed by atoms with Crippen molar-refractivity contribution in [3.05, 3.63) is 33.6 Å². The van der Waals surface area contributed by atoms with Crippen molar-refractivity contribution >= 4 is 58.6 Å². The van der Waals surface area contributed by atoms with Gasteiger partial charge in [0.1, 0.15) is 5.60 Å². The normalized spacial score (nSPS) is 10.1. The molecule has 0 fully saturated rings. The molecule has 0 aliphatic rings. The number of hydrogen-bond acceptors (Lipinski definition) is 27. The number of halogens is 1. The van der Waals surface area contributed by atoms with Gasteiger partial charge in [0.15, 0.2) is 34.6 Å².